The highest BCUT2D eigenvalue weighted by Gasteiger charge is 2.49. The molecule has 4 amide bonds. The van der Waals surface area contributed by atoms with Gasteiger partial charge in [-0.25, -0.2) is 13.2 Å². The molecule has 2 N–H and O–H groups in total. The monoisotopic (exact) mass is 421 g/mol. The van der Waals surface area contributed by atoms with Crippen LogP contribution in [0.1, 0.15) is 45.2 Å². The molecule has 1 aromatic carbocycles. The van der Waals surface area contributed by atoms with Gasteiger partial charge in [-0.3, -0.25) is 14.5 Å². The summed E-state index contributed by atoms with van der Waals surface area (Å²) in [6.45, 7) is 7.42. The van der Waals surface area contributed by atoms with Crippen LogP contribution in [0.25, 0.3) is 0 Å². The highest BCUT2D eigenvalue weighted by atomic mass is 32.2. The van der Waals surface area contributed by atoms with Crippen LogP contribution in [0.2, 0.25) is 0 Å². The quantitative estimate of drug-likeness (QED) is 0.706. The first-order valence-electron chi connectivity index (χ1n) is 9.57. The van der Waals surface area contributed by atoms with Crippen LogP contribution in [-0.2, 0) is 30.4 Å². The van der Waals surface area contributed by atoms with E-state index in [1.807, 2.05) is 24.3 Å². The Balaban J connectivity index is 1.71. The van der Waals surface area contributed by atoms with Crippen LogP contribution < -0.4 is 10.6 Å². The van der Waals surface area contributed by atoms with Gasteiger partial charge >= 0.3 is 6.03 Å². The number of hydrogen-bond donors (Lipinski definition) is 2. The molecule has 0 aliphatic carbocycles. The average molecular weight is 422 g/mol. The molecule has 2 aliphatic heterocycles. The number of nitrogens with zero attached hydrogens (tertiary/aromatic N) is 1. The Morgan fingerprint density at radius 1 is 1.24 bits per heavy atom. The summed E-state index contributed by atoms with van der Waals surface area (Å²) in [7, 11) is -3.13. The van der Waals surface area contributed by atoms with Crippen molar-refractivity contribution >= 4 is 27.7 Å². The molecule has 3 rings (SSSR count). The fourth-order valence-electron chi connectivity index (χ4n) is 3.67. The summed E-state index contributed by atoms with van der Waals surface area (Å²) in [5.74, 6) is -1.15. The first-order chi connectivity index (χ1) is 13.3. The minimum atomic E-state index is -3.13. The number of nitrogens with one attached hydrogen (secondary N) is 2. The molecule has 2 heterocycles. The molecule has 0 unspecified atom stereocenters. The van der Waals surface area contributed by atoms with Gasteiger partial charge in [0.1, 0.15) is 12.1 Å². The number of sulfone groups is 1. The number of carbonyl (C=O) groups is 3. The highest BCUT2D eigenvalue weighted by molar-refractivity contribution is 7.91. The van der Waals surface area contributed by atoms with Crippen LogP contribution in [0.5, 0.6) is 0 Å². The molecule has 2 saturated heterocycles. The standard InChI is InChI=1S/C20H27N3O5S/c1-19(2,3)13-5-7-14(8-6-13)20(4)17(25)23(18(26)22-20)11-16(24)21-15-9-10-29(27,28)12-15/h5-8,15H,9-12H2,1-4H3,(H,21,24)(H,22,26)/t15-,20-/m1/s1. The summed E-state index contributed by atoms with van der Waals surface area (Å²) in [5, 5.41) is 5.28. The minimum absolute atomic E-state index is 0.0315. The summed E-state index contributed by atoms with van der Waals surface area (Å²) < 4.78 is 23.0. The molecule has 9 heteroatoms. The summed E-state index contributed by atoms with van der Waals surface area (Å²) in [6.07, 6.45) is 0.339. The molecule has 0 aromatic heterocycles. The maximum absolute atomic E-state index is 13.0. The van der Waals surface area contributed by atoms with Gasteiger partial charge < -0.3 is 10.6 Å². The molecular weight excluding hydrogens is 394 g/mol. The molecule has 2 aliphatic rings. The van der Waals surface area contributed by atoms with E-state index in [1.54, 1.807) is 6.92 Å². The molecule has 0 radical (unpaired) electrons. The number of hydrogen-bond acceptors (Lipinski definition) is 5. The lowest BCUT2D eigenvalue weighted by Gasteiger charge is -2.24. The third-order valence-electron chi connectivity index (χ3n) is 5.50. The fourth-order valence-corrected chi connectivity index (χ4v) is 5.34. The molecule has 0 saturated carbocycles. The van der Waals surface area contributed by atoms with Gasteiger partial charge in [-0.1, -0.05) is 45.0 Å². The number of urea groups is 1. The van der Waals surface area contributed by atoms with Crippen LogP contribution >= 0.6 is 0 Å². The van der Waals surface area contributed by atoms with Gasteiger partial charge in [-0.05, 0) is 29.9 Å². The molecule has 1 aromatic rings. The van der Waals surface area contributed by atoms with E-state index in [1.165, 1.54) is 0 Å². The zero-order chi connectivity index (χ0) is 21.6. The van der Waals surface area contributed by atoms with Gasteiger partial charge in [0.2, 0.25) is 5.91 Å². The molecule has 0 bridgehead atoms. The second-order valence-corrected chi connectivity index (χ2v) is 11.2. The lowest BCUT2D eigenvalue weighted by molar-refractivity contribution is -0.135. The van der Waals surface area contributed by atoms with Gasteiger partial charge in [-0.2, -0.15) is 0 Å². The van der Waals surface area contributed by atoms with Crippen molar-refractivity contribution in [3.05, 3.63) is 35.4 Å². The SMILES string of the molecule is CC(C)(C)c1ccc([C@@]2(C)NC(=O)N(CC(=O)N[C@@H]3CCS(=O)(=O)C3)C2=O)cc1. The summed E-state index contributed by atoms with van der Waals surface area (Å²) in [5.41, 5.74) is 0.433. The third-order valence-corrected chi connectivity index (χ3v) is 7.27. The highest BCUT2D eigenvalue weighted by Crippen LogP contribution is 2.31. The Kier molecular flexibility index (Phi) is 5.23. The van der Waals surface area contributed by atoms with Crippen molar-refractivity contribution in [3.63, 3.8) is 0 Å². The number of carbonyl (C=O) groups excluding carboxylic acids is 3. The maximum Gasteiger partial charge on any atom is 0.325 e. The molecule has 158 valence electrons. The van der Waals surface area contributed by atoms with E-state index in [2.05, 4.69) is 31.4 Å². The van der Waals surface area contributed by atoms with Gasteiger partial charge in [-0.15, -0.1) is 0 Å². The number of benzene rings is 1. The molecule has 0 spiro atoms. The minimum Gasteiger partial charge on any atom is -0.351 e. The van der Waals surface area contributed by atoms with Crippen LogP contribution in [0, 0.1) is 0 Å². The van der Waals surface area contributed by atoms with Crippen molar-refractivity contribution in [1.82, 2.24) is 15.5 Å². The van der Waals surface area contributed by atoms with Crippen LogP contribution in [0.15, 0.2) is 24.3 Å². The normalized spacial score (nSPS) is 26.5. The Hall–Kier alpha value is -2.42. The average Bonchev–Trinajstić information content (AvgIpc) is 3.06. The van der Waals surface area contributed by atoms with E-state index in [4.69, 9.17) is 0 Å². The van der Waals surface area contributed by atoms with Gasteiger partial charge in [0, 0.05) is 6.04 Å². The van der Waals surface area contributed by atoms with Crippen LogP contribution in [0.4, 0.5) is 4.79 Å². The lowest BCUT2D eigenvalue weighted by atomic mass is 9.84. The van der Waals surface area contributed by atoms with Crippen molar-refractivity contribution in [3.8, 4) is 0 Å². The van der Waals surface area contributed by atoms with Crippen LogP contribution in [-0.4, -0.2) is 55.3 Å². The van der Waals surface area contributed by atoms with Crippen molar-refractivity contribution in [2.24, 2.45) is 0 Å². The maximum atomic E-state index is 13.0. The first kappa shape index (κ1) is 21.3. The van der Waals surface area contributed by atoms with E-state index in [0.29, 0.717) is 12.0 Å². The predicted molar refractivity (Wildman–Crippen MR) is 108 cm³/mol. The van der Waals surface area contributed by atoms with Gasteiger partial charge in [0.25, 0.3) is 5.91 Å². The van der Waals surface area contributed by atoms with E-state index < -0.39 is 45.8 Å². The Bertz CT molecular complexity index is 949. The Morgan fingerprint density at radius 3 is 2.38 bits per heavy atom. The van der Waals surface area contributed by atoms with E-state index in [-0.39, 0.29) is 16.9 Å². The Labute approximate surface area is 170 Å². The van der Waals surface area contributed by atoms with Crippen molar-refractivity contribution in [2.75, 3.05) is 18.1 Å². The predicted octanol–water partition coefficient (Wildman–Crippen LogP) is 1.05. The molecule has 2 atom stereocenters. The molecule has 29 heavy (non-hydrogen) atoms. The zero-order valence-electron chi connectivity index (χ0n) is 17.1. The second kappa shape index (κ2) is 7.12. The summed E-state index contributed by atoms with van der Waals surface area (Å²) in [4.78, 5) is 38.5. The smallest absolute Gasteiger partial charge is 0.325 e. The second-order valence-electron chi connectivity index (χ2n) is 8.94. The molecular formula is C20H27N3O5S. The van der Waals surface area contributed by atoms with Crippen LogP contribution in [0.3, 0.4) is 0 Å². The first-order valence-corrected chi connectivity index (χ1v) is 11.4. The fraction of sp³-hybridized carbons (Fsp3) is 0.550. The number of imide groups is 1. The van der Waals surface area contributed by atoms with Gasteiger partial charge in [0.15, 0.2) is 9.84 Å². The number of amides is 4. The summed E-state index contributed by atoms with van der Waals surface area (Å²) in [6, 6.07) is 6.35. The van der Waals surface area contributed by atoms with Crippen molar-refractivity contribution < 1.29 is 22.8 Å². The van der Waals surface area contributed by atoms with E-state index >= 15 is 0 Å². The molecule has 2 fully saturated rings. The molecule has 8 nitrogen and oxygen atoms in total. The topological polar surface area (TPSA) is 113 Å². The van der Waals surface area contributed by atoms with E-state index in [0.717, 1.165) is 10.5 Å². The summed E-state index contributed by atoms with van der Waals surface area (Å²) >= 11 is 0. The van der Waals surface area contributed by atoms with Crippen molar-refractivity contribution in [2.45, 2.75) is 51.1 Å². The largest absolute Gasteiger partial charge is 0.351 e. The third kappa shape index (κ3) is 4.29. The zero-order valence-corrected chi connectivity index (χ0v) is 17.9. The van der Waals surface area contributed by atoms with Gasteiger partial charge in [0.05, 0.1) is 11.5 Å². The van der Waals surface area contributed by atoms with E-state index in [9.17, 15) is 22.8 Å². The Morgan fingerprint density at radius 2 is 1.86 bits per heavy atom. The number of rotatable bonds is 4. The van der Waals surface area contributed by atoms with Crippen molar-refractivity contribution in [1.29, 1.82) is 0 Å². The lowest BCUT2D eigenvalue weighted by Crippen LogP contribution is -2.45.